The third kappa shape index (κ3) is 3.26. The van der Waals surface area contributed by atoms with Crippen molar-refractivity contribution in [3.8, 4) is 28.2 Å². The van der Waals surface area contributed by atoms with Crippen LogP contribution in [0.4, 0.5) is 5.69 Å². The zero-order valence-corrected chi connectivity index (χ0v) is 14.9. The van der Waals surface area contributed by atoms with Crippen LogP contribution in [0.3, 0.4) is 0 Å². The number of hydrogen-bond donors (Lipinski definition) is 2. The molecule has 0 atom stereocenters. The highest BCUT2D eigenvalue weighted by Crippen LogP contribution is 2.39. The molecular formula is C19H20N4O4. The number of aromatic nitrogens is 2. The number of aromatic amines is 1. The van der Waals surface area contributed by atoms with Crippen molar-refractivity contribution in [2.75, 3.05) is 38.3 Å². The molecule has 0 bridgehead atoms. The zero-order valence-electron chi connectivity index (χ0n) is 14.9. The summed E-state index contributed by atoms with van der Waals surface area (Å²) in [4.78, 5) is 14.2. The minimum atomic E-state index is -0.640. The first kappa shape index (κ1) is 17.2. The first-order chi connectivity index (χ1) is 13.2. The van der Waals surface area contributed by atoms with Gasteiger partial charge >= 0.3 is 0 Å². The van der Waals surface area contributed by atoms with Crippen molar-refractivity contribution < 1.29 is 18.7 Å². The van der Waals surface area contributed by atoms with Gasteiger partial charge in [0.25, 0.3) is 5.91 Å². The fourth-order valence-electron chi connectivity index (χ4n) is 3.23. The first-order valence-electron chi connectivity index (χ1n) is 8.61. The van der Waals surface area contributed by atoms with E-state index < -0.39 is 5.91 Å². The molecule has 1 fully saturated rings. The molecule has 0 radical (unpaired) electrons. The molecule has 1 saturated heterocycles. The van der Waals surface area contributed by atoms with Gasteiger partial charge < -0.3 is 24.5 Å². The highest BCUT2D eigenvalue weighted by atomic mass is 16.5. The molecule has 0 spiro atoms. The fraction of sp³-hybridized carbons (Fsp3) is 0.263. The lowest BCUT2D eigenvalue weighted by molar-refractivity contribution is 0.0975. The Labute approximate surface area is 155 Å². The Kier molecular flexibility index (Phi) is 4.55. The quantitative estimate of drug-likeness (QED) is 0.715. The van der Waals surface area contributed by atoms with Crippen molar-refractivity contribution in [1.82, 2.24) is 10.2 Å². The molecular weight excluding hydrogens is 348 g/mol. The maximum absolute atomic E-state index is 12.0. The number of amides is 1. The Hall–Kier alpha value is -3.26. The third-order valence-electron chi connectivity index (χ3n) is 4.59. The van der Waals surface area contributed by atoms with E-state index in [-0.39, 0.29) is 5.76 Å². The van der Waals surface area contributed by atoms with Gasteiger partial charge in [0.1, 0.15) is 11.5 Å². The molecule has 1 amide bonds. The number of nitrogens with zero attached hydrogens (tertiary/aromatic N) is 2. The van der Waals surface area contributed by atoms with Gasteiger partial charge in [0.15, 0.2) is 5.76 Å². The van der Waals surface area contributed by atoms with Crippen molar-refractivity contribution in [3.05, 3.63) is 42.4 Å². The van der Waals surface area contributed by atoms with Gasteiger partial charge in [0, 0.05) is 36.1 Å². The number of morpholine rings is 1. The Morgan fingerprint density at radius 2 is 2.07 bits per heavy atom. The van der Waals surface area contributed by atoms with Gasteiger partial charge in [-0.1, -0.05) is 0 Å². The number of rotatable bonds is 5. The van der Waals surface area contributed by atoms with Crippen molar-refractivity contribution in [3.63, 3.8) is 0 Å². The lowest BCUT2D eigenvalue weighted by Gasteiger charge is -2.29. The summed E-state index contributed by atoms with van der Waals surface area (Å²) < 4.78 is 16.7. The van der Waals surface area contributed by atoms with E-state index >= 15 is 0 Å². The summed E-state index contributed by atoms with van der Waals surface area (Å²) in [6.07, 6.45) is 3.31. The maximum atomic E-state index is 12.0. The predicted molar refractivity (Wildman–Crippen MR) is 99.8 cm³/mol. The summed E-state index contributed by atoms with van der Waals surface area (Å²) >= 11 is 0. The van der Waals surface area contributed by atoms with Gasteiger partial charge in [-0.15, -0.1) is 0 Å². The monoisotopic (exact) mass is 368 g/mol. The fourth-order valence-corrected chi connectivity index (χ4v) is 3.23. The molecule has 1 aliphatic rings. The topological polar surface area (TPSA) is 107 Å². The molecule has 2 aromatic heterocycles. The lowest BCUT2D eigenvalue weighted by Crippen LogP contribution is -2.36. The number of furan rings is 1. The Bertz CT molecular complexity index is 943. The van der Waals surface area contributed by atoms with Gasteiger partial charge in [0.05, 0.1) is 32.1 Å². The first-order valence-corrected chi connectivity index (χ1v) is 8.61. The summed E-state index contributed by atoms with van der Waals surface area (Å²) in [5.74, 6) is 0.586. The van der Waals surface area contributed by atoms with E-state index in [0.717, 1.165) is 29.9 Å². The van der Waals surface area contributed by atoms with Crippen LogP contribution in [0.25, 0.3) is 22.5 Å². The molecule has 1 aromatic carbocycles. The normalized spacial score (nSPS) is 14.3. The lowest BCUT2D eigenvalue weighted by atomic mass is 10.0. The molecule has 3 N–H and O–H groups in total. The van der Waals surface area contributed by atoms with Crippen LogP contribution in [0.1, 0.15) is 10.6 Å². The van der Waals surface area contributed by atoms with Crippen LogP contribution in [0.5, 0.6) is 5.75 Å². The summed E-state index contributed by atoms with van der Waals surface area (Å²) in [5, 5.41) is 6.65. The van der Waals surface area contributed by atoms with E-state index in [1.165, 1.54) is 0 Å². The summed E-state index contributed by atoms with van der Waals surface area (Å²) in [6.45, 7) is 2.98. The number of anilines is 1. The van der Waals surface area contributed by atoms with E-state index in [2.05, 4.69) is 15.1 Å². The second-order valence-corrected chi connectivity index (χ2v) is 6.19. The van der Waals surface area contributed by atoms with Crippen molar-refractivity contribution >= 4 is 11.6 Å². The van der Waals surface area contributed by atoms with E-state index in [1.54, 1.807) is 25.6 Å². The summed E-state index contributed by atoms with van der Waals surface area (Å²) in [6, 6.07) is 7.65. The van der Waals surface area contributed by atoms with E-state index in [4.69, 9.17) is 19.6 Å². The van der Waals surface area contributed by atoms with Crippen LogP contribution in [-0.4, -0.2) is 49.5 Å². The number of benzene rings is 1. The van der Waals surface area contributed by atoms with Gasteiger partial charge in [-0.25, -0.2) is 0 Å². The standard InChI is InChI=1S/C19H20N4O4/c1-25-16-3-2-13(23-4-6-26-7-5-23)8-14(16)15-9-17(12-10-21-22-11-12)27-18(15)19(20)24/h2-3,8-11H,4-7H2,1H3,(H2,20,24)(H,21,22). The highest BCUT2D eigenvalue weighted by molar-refractivity contribution is 5.99. The molecule has 4 rings (SSSR count). The van der Waals surface area contributed by atoms with Crippen molar-refractivity contribution in [2.45, 2.75) is 0 Å². The van der Waals surface area contributed by atoms with Crippen LogP contribution in [0, 0.1) is 0 Å². The molecule has 0 aliphatic carbocycles. The number of nitrogens with two attached hydrogens (primary N) is 1. The molecule has 27 heavy (non-hydrogen) atoms. The van der Waals surface area contributed by atoms with Crippen LogP contribution in [0.15, 0.2) is 41.1 Å². The predicted octanol–water partition coefficient (Wildman–Crippen LogP) is 2.28. The molecule has 0 saturated carbocycles. The molecule has 1 aliphatic heterocycles. The number of carbonyl (C=O) groups is 1. The van der Waals surface area contributed by atoms with Crippen molar-refractivity contribution in [1.29, 1.82) is 0 Å². The minimum Gasteiger partial charge on any atom is -0.496 e. The number of methoxy groups -OCH3 is 1. The number of H-pyrrole nitrogens is 1. The van der Waals surface area contributed by atoms with Gasteiger partial charge in [0.2, 0.25) is 0 Å². The van der Waals surface area contributed by atoms with Crippen LogP contribution in [-0.2, 0) is 4.74 Å². The van der Waals surface area contributed by atoms with Crippen molar-refractivity contribution in [2.24, 2.45) is 5.73 Å². The molecule has 8 heteroatoms. The van der Waals surface area contributed by atoms with Gasteiger partial charge in [-0.05, 0) is 24.3 Å². The molecule has 140 valence electrons. The minimum absolute atomic E-state index is 0.0867. The second kappa shape index (κ2) is 7.16. The Morgan fingerprint density at radius 1 is 1.26 bits per heavy atom. The van der Waals surface area contributed by atoms with E-state index in [0.29, 0.717) is 30.3 Å². The number of carbonyl (C=O) groups excluding carboxylic acids is 1. The van der Waals surface area contributed by atoms with Crippen LogP contribution >= 0.6 is 0 Å². The average molecular weight is 368 g/mol. The average Bonchev–Trinajstić information content (AvgIpc) is 3.38. The van der Waals surface area contributed by atoms with Crippen LogP contribution in [0.2, 0.25) is 0 Å². The Morgan fingerprint density at radius 3 is 2.74 bits per heavy atom. The number of hydrogen-bond acceptors (Lipinski definition) is 6. The summed E-state index contributed by atoms with van der Waals surface area (Å²) in [5.41, 5.74) is 8.65. The molecule has 3 aromatic rings. The summed E-state index contributed by atoms with van der Waals surface area (Å²) in [7, 11) is 1.59. The Balaban J connectivity index is 1.82. The smallest absolute Gasteiger partial charge is 0.285 e. The second-order valence-electron chi connectivity index (χ2n) is 6.19. The molecule has 3 heterocycles. The maximum Gasteiger partial charge on any atom is 0.285 e. The number of nitrogens with one attached hydrogen (secondary N) is 1. The van der Waals surface area contributed by atoms with Crippen LogP contribution < -0.4 is 15.4 Å². The van der Waals surface area contributed by atoms with E-state index in [9.17, 15) is 4.79 Å². The highest BCUT2D eigenvalue weighted by Gasteiger charge is 2.23. The largest absolute Gasteiger partial charge is 0.496 e. The molecule has 0 unspecified atom stereocenters. The third-order valence-corrected chi connectivity index (χ3v) is 4.59. The van der Waals surface area contributed by atoms with Gasteiger partial charge in [-0.2, -0.15) is 5.10 Å². The number of primary amides is 1. The molecule has 8 nitrogen and oxygen atoms in total. The van der Waals surface area contributed by atoms with Gasteiger partial charge in [-0.3, -0.25) is 9.89 Å². The SMILES string of the molecule is COc1ccc(N2CCOCC2)cc1-c1cc(-c2cn[nH]c2)oc1C(N)=O. The zero-order chi connectivity index (χ0) is 18.8. The van der Waals surface area contributed by atoms with E-state index in [1.807, 2.05) is 18.2 Å². The number of ether oxygens (including phenoxy) is 2.